The van der Waals surface area contributed by atoms with Gasteiger partial charge in [-0.25, -0.2) is 4.39 Å². The number of anilines is 1. The molecule has 0 aliphatic heterocycles. The van der Waals surface area contributed by atoms with Crippen LogP contribution >= 0.6 is 0 Å². The van der Waals surface area contributed by atoms with Crippen molar-refractivity contribution in [1.29, 1.82) is 0 Å². The number of aromatic nitrogens is 1. The van der Waals surface area contributed by atoms with Crippen LogP contribution < -0.4 is 5.32 Å². The molecule has 1 unspecified atom stereocenters. The first kappa shape index (κ1) is 15.0. The summed E-state index contributed by atoms with van der Waals surface area (Å²) in [7, 11) is 3.37. The minimum absolute atomic E-state index is 0.00434. The van der Waals surface area contributed by atoms with Gasteiger partial charge >= 0.3 is 0 Å². The highest BCUT2D eigenvalue weighted by molar-refractivity contribution is 5.92. The Hall–Kier alpha value is -2.43. The van der Waals surface area contributed by atoms with E-state index in [0.29, 0.717) is 5.69 Å². The molecule has 2 rings (SSSR count). The van der Waals surface area contributed by atoms with Gasteiger partial charge in [0.25, 0.3) is 5.91 Å². The second kappa shape index (κ2) is 6.35. The molecule has 0 bridgehead atoms. The van der Waals surface area contributed by atoms with E-state index in [4.69, 9.17) is 0 Å². The van der Waals surface area contributed by atoms with E-state index in [9.17, 15) is 9.18 Å². The molecule has 1 amide bonds. The maximum atomic E-state index is 12.9. The quantitative estimate of drug-likeness (QED) is 0.940. The van der Waals surface area contributed by atoms with Crippen LogP contribution in [0, 0.1) is 5.82 Å². The zero-order chi connectivity index (χ0) is 15.4. The first-order valence-corrected chi connectivity index (χ1v) is 6.67. The fourth-order valence-electron chi connectivity index (χ4n) is 1.95. The monoisotopic (exact) mass is 287 g/mol. The first-order chi connectivity index (χ1) is 9.97. The van der Waals surface area contributed by atoms with Gasteiger partial charge in [-0.3, -0.25) is 9.78 Å². The smallest absolute Gasteiger partial charge is 0.272 e. The number of halogens is 1. The van der Waals surface area contributed by atoms with Crippen molar-refractivity contribution in [2.24, 2.45) is 0 Å². The van der Waals surface area contributed by atoms with Crippen LogP contribution in [0.5, 0.6) is 0 Å². The summed E-state index contributed by atoms with van der Waals surface area (Å²) in [6, 6.07) is 9.84. The van der Waals surface area contributed by atoms with Crippen molar-refractivity contribution in [3.63, 3.8) is 0 Å². The Morgan fingerprint density at radius 3 is 2.52 bits per heavy atom. The van der Waals surface area contributed by atoms with Crippen LogP contribution in [0.15, 0.2) is 42.6 Å². The van der Waals surface area contributed by atoms with E-state index in [1.165, 1.54) is 17.0 Å². The Kier molecular flexibility index (Phi) is 4.52. The lowest BCUT2D eigenvalue weighted by Gasteiger charge is -2.16. The molecule has 1 N–H and O–H groups in total. The number of carbonyl (C=O) groups is 1. The van der Waals surface area contributed by atoms with Gasteiger partial charge in [0.2, 0.25) is 0 Å². The third kappa shape index (κ3) is 3.78. The van der Waals surface area contributed by atoms with E-state index in [1.54, 1.807) is 44.6 Å². The second-order valence-corrected chi connectivity index (χ2v) is 5.05. The van der Waals surface area contributed by atoms with Crippen molar-refractivity contribution >= 4 is 11.6 Å². The van der Waals surface area contributed by atoms with E-state index in [2.05, 4.69) is 10.3 Å². The molecule has 0 aliphatic rings. The Morgan fingerprint density at radius 1 is 1.24 bits per heavy atom. The van der Waals surface area contributed by atoms with Gasteiger partial charge in [-0.1, -0.05) is 12.1 Å². The minimum atomic E-state index is -0.256. The Morgan fingerprint density at radius 2 is 1.90 bits per heavy atom. The van der Waals surface area contributed by atoms with Crippen molar-refractivity contribution < 1.29 is 9.18 Å². The third-order valence-electron chi connectivity index (χ3n) is 3.14. The summed E-state index contributed by atoms with van der Waals surface area (Å²) in [5.74, 6) is -0.401. The maximum absolute atomic E-state index is 12.9. The molecule has 2 aromatic rings. The van der Waals surface area contributed by atoms with Gasteiger partial charge in [-0.2, -0.15) is 0 Å². The number of benzene rings is 1. The van der Waals surface area contributed by atoms with Crippen LogP contribution in [0.1, 0.15) is 29.0 Å². The minimum Gasteiger partial charge on any atom is -0.378 e. The fraction of sp³-hybridized carbons (Fsp3) is 0.250. The highest BCUT2D eigenvalue weighted by atomic mass is 19.1. The molecule has 5 heteroatoms. The van der Waals surface area contributed by atoms with Crippen LogP contribution in [-0.2, 0) is 0 Å². The summed E-state index contributed by atoms with van der Waals surface area (Å²) >= 11 is 0. The summed E-state index contributed by atoms with van der Waals surface area (Å²) in [5.41, 5.74) is 2.15. The summed E-state index contributed by atoms with van der Waals surface area (Å²) in [6.07, 6.45) is 1.59. The van der Waals surface area contributed by atoms with Crippen LogP contribution in [0.4, 0.5) is 10.1 Å². The number of hydrogen-bond acceptors (Lipinski definition) is 3. The van der Waals surface area contributed by atoms with Gasteiger partial charge in [0.1, 0.15) is 11.5 Å². The van der Waals surface area contributed by atoms with Crippen LogP contribution in [-0.4, -0.2) is 29.9 Å². The van der Waals surface area contributed by atoms with E-state index in [0.717, 1.165) is 11.3 Å². The molecule has 0 aliphatic carbocycles. The zero-order valence-corrected chi connectivity index (χ0v) is 12.3. The normalized spacial score (nSPS) is 11.8. The second-order valence-electron chi connectivity index (χ2n) is 5.05. The van der Waals surface area contributed by atoms with Crippen molar-refractivity contribution in [1.82, 2.24) is 9.88 Å². The van der Waals surface area contributed by atoms with Crippen molar-refractivity contribution in [3.05, 3.63) is 59.7 Å². The maximum Gasteiger partial charge on any atom is 0.272 e. The van der Waals surface area contributed by atoms with Gasteiger partial charge in [-0.15, -0.1) is 0 Å². The highest BCUT2D eigenvalue weighted by Crippen LogP contribution is 2.19. The van der Waals surface area contributed by atoms with Gasteiger partial charge in [0, 0.05) is 32.0 Å². The molecule has 0 saturated heterocycles. The molecule has 0 spiro atoms. The molecule has 0 saturated carbocycles. The molecule has 0 radical (unpaired) electrons. The average Bonchev–Trinajstić information content (AvgIpc) is 2.47. The topological polar surface area (TPSA) is 45.2 Å². The van der Waals surface area contributed by atoms with Crippen molar-refractivity contribution in [3.8, 4) is 0 Å². The van der Waals surface area contributed by atoms with Gasteiger partial charge in [0.05, 0.1) is 0 Å². The number of pyridine rings is 1. The summed E-state index contributed by atoms with van der Waals surface area (Å²) < 4.78 is 12.9. The molecule has 4 nitrogen and oxygen atoms in total. The SMILES string of the molecule is CC(Nc1ccnc(C(=O)N(C)C)c1)c1ccc(F)cc1. The molecule has 1 aromatic heterocycles. The van der Waals surface area contributed by atoms with E-state index < -0.39 is 0 Å². The number of nitrogens with zero attached hydrogens (tertiary/aromatic N) is 2. The molecular formula is C16H18FN3O. The highest BCUT2D eigenvalue weighted by Gasteiger charge is 2.11. The number of carbonyl (C=O) groups excluding carboxylic acids is 1. The van der Waals surface area contributed by atoms with Crippen LogP contribution in [0.3, 0.4) is 0 Å². The summed E-state index contributed by atoms with van der Waals surface area (Å²) in [4.78, 5) is 17.4. The van der Waals surface area contributed by atoms with E-state index in [1.807, 2.05) is 6.92 Å². The fourth-order valence-corrected chi connectivity index (χ4v) is 1.95. The molecule has 1 heterocycles. The van der Waals surface area contributed by atoms with Gasteiger partial charge < -0.3 is 10.2 Å². The van der Waals surface area contributed by atoms with Crippen LogP contribution in [0.25, 0.3) is 0 Å². The average molecular weight is 287 g/mol. The number of rotatable bonds is 4. The number of nitrogens with one attached hydrogen (secondary N) is 1. The summed E-state index contributed by atoms with van der Waals surface area (Å²) in [5, 5.41) is 3.28. The lowest BCUT2D eigenvalue weighted by atomic mass is 10.1. The number of hydrogen-bond donors (Lipinski definition) is 1. The zero-order valence-electron chi connectivity index (χ0n) is 12.3. The lowest BCUT2D eigenvalue weighted by molar-refractivity contribution is 0.0822. The number of amides is 1. The molecule has 1 aromatic carbocycles. The molecular weight excluding hydrogens is 269 g/mol. The predicted molar refractivity (Wildman–Crippen MR) is 80.7 cm³/mol. The van der Waals surface area contributed by atoms with Crippen LogP contribution in [0.2, 0.25) is 0 Å². The third-order valence-corrected chi connectivity index (χ3v) is 3.14. The Labute approximate surface area is 123 Å². The summed E-state index contributed by atoms with van der Waals surface area (Å²) in [6.45, 7) is 1.97. The molecule has 110 valence electrons. The molecule has 0 fully saturated rings. The van der Waals surface area contributed by atoms with Crippen molar-refractivity contribution in [2.45, 2.75) is 13.0 Å². The van der Waals surface area contributed by atoms with E-state index >= 15 is 0 Å². The van der Waals surface area contributed by atoms with Gasteiger partial charge in [0.15, 0.2) is 0 Å². The Bertz CT molecular complexity index is 626. The van der Waals surface area contributed by atoms with Gasteiger partial charge in [-0.05, 0) is 36.8 Å². The van der Waals surface area contributed by atoms with Crippen molar-refractivity contribution in [2.75, 3.05) is 19.4 Å². The molecule has 21 heavy (non-hydrogen) atoms. The first-order valence-electron chi connectivity index (χ1n) is 6.67. The lowest BCUT2D eigenvalue weighted by Crippen LogP contribution is -2.22. The predicted octanol–water partition coefficient (Wildman–Crippen LogP) is 3.10. The Balaban J connectivity index is 2.14. The largest absolute Gasteiger partial charge is 0.378 e. The van der Waals surface area contributed by atoms with E-state index in [-0.39, 0.29) is 17.8 Å². The standard InChI is InChI=1S/C16H18FN3O/c1-11(12-4-6-13(17)7-5-12)19-14-8-9-18-15(10-14)16(21)20(2)3/h4-11H,1-3H3,(H,18,19). The molecule has 1 atom stereocenters.